The molecule has 0 radical (unpaired) electrons. The van der Waals surface area contributed by atoms with Crippen molar-refractivity contribution in [2.75, 3.05) is 52.5 Å². The van der Waals surface area contributed by atoms with Crippen LogP contribution in [0.3, 0.4) is 0 Å². The van der Waals surface area contributed by atoms with Gasteiger partial charge in [0.05, 0.1) is 25.7 Å². The van der Waals surface area contributed by atoms with Crippen molar-refractivity contribution in [3.05, 3.63) is 29.3 Å². The van der Waals surface area contributed by atoms with Crippen LogP contribution in [0.25, 0.3) is 0 Å². The number of carbonyl (C=O) groups excluding carboxylic acids is 1. The average molecular weight is 524 g/mol. The Hall–Kier alpha value is -1.81. The molecule has 3 fully saturated rings. The van der Waals surface area contributed by atoms with Gasteiger partial charge in [-0.15, -0.1) is 0 Å². The minimum absolute atomic E-state index is 0.180. The van der Waals surface area contributed by atoms with Gasteiger partial charge in [0.1, 0.15) is 17.4 Å². The maximum absolute atomic E-state index is 14.6. The van der Waals surface area contributed by atoms with E-state index in [-0.39, 0.29) is 30.2 Å². The first kappa shape index (κ1) is 28.2. The molecule has 208 valence electrons. The van der Waals surface area contributed by atoms with Crippen molar-refractivity contribution >= 4 is 5.91 Å². The molecule has 4 N–H and O–H groups in total. The third-order valence-electron chi connectivity index (χ3n) is 8.46. The highest BCUT2D eigenvalue weighted by molar-refractivity contribution is 5.79. The number of rotatable bonds is 15. The normalized spacial score (nSPS) is 21.6. The first-order chi connectivity index (χ1) is 17.9. The van der Waals surface area contributed by atoms with Crippen LogP contribution < -0.4 is 15.4 Å². The van der Waals surface area contributed by atoms with Crippen LogP contribution >= 0.6 is 0 Å². The predicted octanol–water partition coefficient (Wildman–Crippen LogP) is 2.63. The predicted molar refractivity (Wildman–Crippen MR) is 137 cm³/mol. The number of unbranched alkanes of at least 4 members (excludes halogenated alkanes) is 1. The van der Waals surface area contributed by atoms with Gasteiger partial charge in [-0.2, -0.15) is 0 Å². The fourth-order valence-corrected chi connectivity index (χ4v) is 5.92. The maximum atomic E-state index is 14.6. The maximum Gasteiger partial charge on any atom is 0.227 e. The van der Waals surface area contributed by atoms with Crippen LogP contribution in [-0.2, 0) is 11.2 Å². The topological polar surface area (TPSA) is 94.1 Å². The van der Waals surface area contributed by atoms with Crippen LogP contribution in [0.5, 0.6) is 5.75 Å². The van der Waals surface area contributed by atoms with Crippen LogP contribution in [-0.4, -0.2) is 79.6 Å². The van der Waals surface area contributed by atoms with E-state index in [0.29, 0.717) is 37.5 Å². The number of aliphatic hydroxyl groups is 2. The molecule has 0 aromatic heterocycles. The number of hydrogen-bond acceptors (Lipinski definition) is 6. The fraction of sp³-hybridized carbons (Fsp3) is 0.750. The van der Waals surface area contributed by atoms with Gasteiger partial charge in [0.25, 0.3) is 0 Å². The van der Waals surface area contributed by atoms with Crippen molar-refractivity contribution in [1.29, 1.82) is 0 Å². The highest BCUT2D eigenvalue weighted by Gasteiger charge is 2.52. The zero-order valence-electron chi connectivity index (χ0n) is 21.8. The van der Waals surface area contributed by atoms with Crippen molar-refractivity contribution in [2.45, 2.75) is 63.9 Å². The summed E-state index contributed by atoms with van der Waals surface area (Å²) in [4.78, 5) is 14.2. The lowest BCUT2D eigenvalue weighted by molar-refractivity contribution is -0.136. The number of hydrogen-bond donors (Lipinski definition) is 4. The Balaban J connectivity index is 1.10. The van der Waals surface area contributed by atoms with Gasteiger partial charge in [0, 0.05) is 43.2 Å². The Morgan fingerprint density at radius 1 is 1.19 bits per heavy atom. The van der Waals surface area contributed by atoms with Gasteiger partial charge in [-0.05, 0) is 82.3 Å². The average Bonchev–Trinajstić information content (AvgIpc) is 3.52. The highest BCUT2D eigenvalue weighted by atomic mass is 19.1. The van der Waals surface area contributed by atoms with Crippen molar-refractivity contribution in [3.8, 4) is 5.75 Å². The van der Waals surface area contributed by atoms with Crippen LogP contribution in [0.2, 0.25) is 0 Å². The molecular formula is C28H43F2N3O4. The summed E-state index contributed by atoms with van der Waals surface area (Å²) in [6.45, 7) is 5.20. The van der Waals surface area contributed by atoms with Gasteiger partial charge in [-0.1, -0.05) is 0 Å². The van der Waals surface area contributed by atoms with E-state index < -0.39 is 17.7 Å². The Morgan fingerprint density at radius 3 is 2.62 bits per heavy atom. The molecule has 2 saturated heterocycles. The van der Waals surface area contributed by atoms with Gasteiger partial charge in [-0.3, -0.25) is 4.79 Å². The number of piperidine rings is 1. The van der Waals surface area contributed by atoms with Gasteiger partial charge < -0.3 is 30.5 Å². The van der Waals surface area contributed by atoms with Crippen LogP contribution in [0.1, 0.15) is 56.9 Å². The number of benzene rings is 1. The lowest BCUT2D eigenvalue weighted by Gasteiger charge is -2.39. The molecule has 1 aliphatic carbocycles. The molecule has 1 amide bonds. The van der Waals surface area contributed by atoms with E-state index in [1.54, 1.807) is 4.90 Å². The molecule has 7 nitrogen and oxygen atoms in total. The van der Waals surface area contributed by atoms with E-state index in [1.807, 2.05) is 0 Å². The van der Waals surface area contributed by atoms with E-state index >= 15 is 0 Å². The van der Waals surface area contributed by atoms with Crippen molar-refractivity contribution in [2.24, 2.45) is 17.3 Å². The van der Waals surface area contributed by atoms with Crippen molar-refractivity contribution in [3.63, 3.8) is 0 Å². The second-order valence-electron chi connectivity index (χ2n) is 11.2. The van der Waals surface area contributed by atoms with E-state index in [1.165, 1.54) is 31.4 Å². The van der Waals surface area contributed by atoms with E-state index in [4.69, 9.17) is 9.84 Å². The Labute approximate surface area is 218 Å². The van der Waals surface area contributed by atoms with E-state index in [0.717, 1.165) is 57.8 Å². The minimum Gasteiger partial charge on any atom is -0.493 e. The first-order valence-electron chi connectivity index (χ1n) is 14.0. The molecule has 4 rings (SSSR count). The fourth-order valence-electron chi connectivity index (χ4n) is 5.92. The number of nitrogens with zero attached hydrogens (tertiary/aromatic N) is 1. The monoisotopic (exact) mass is 523 g/mol. The second kappa shape index (κ2) is 13.3. The van der Waals surface area contributed by atoms with Crippen LogP contribution in [0.15, 0.2) is 12.1 Å². The smallest absolute Gasteiger partial charge is 0.227 e. The number of amides is 1. The molecule has 2 heterocycles. The molecule has 3 aliphatic rings. The first-order valence-corrected chi connectivity index (χ1v) is 14.0. The summed E-state index contributed by atoms with van der Waals surface area (Å²) in [7, 11) is 0. The zero-order chi connectivity index (χ0) is 26.3. The van der Waals surface area contributed by atoms with Crippen LogP contribution in [0.4, 0.5) is 8.78 Å². The largest absolute Gasteiger partial charge is 0.493 e. The molecule has 2 aliphatic heterocycles. The molecule has 1 aromatic carbocycles. The summed E-state index contributed by atoms with van der Waals surface area (Å²) in [5.74, 6) is -0.461. The molecule has 2 atom stereocenters. The summed E-state index contributed by atoms with van der Waals surface area (Å²) in [6.07, 6.45) is 7.18. The molecule has 9 heteroatoms. The third kappa shape index (κ3) is 7.85. The summed E-state index contributed by atoms with van der Waals surface area (Å²) in [6, 6.07) is 2.39. The number of nitrogens with one attached hydrogen (secondary N) is 2. The summed E-state index contributed by atoms with van der Waals surface area (Å²) in [5.41, 5.74) is 0.339. The molecule has 1 unspecified atom stereocenters. The SMILES string of the molecule is O=C(Cc1c(F)cc(OCCCC2CC23CCNCC3)cc1F)N1CC(CNCCCC[C@H](O)CO)C1. The minimum atomic E-state index is -0.732. The molecule has 1 saturated carbocycles. The lowest BCUT2D eigenvalue weighted by Crippen LogP contribution is -2.53. The van der Waals surface area contributed by atoms with E-state index in [2.05, 4.69) is 10.6 Å². The van der Waals surface area contributed by atoms with Gasteiger partial charge in [0.15, 0.2) is 0 Å². The summed E-state index contributed by atoms with van der Waals surface area (Å²) in [5, 5.41) is 24.9. The standard InChI is InChI=1S/C28H43F2N3O4/c29-25-12-23(37-11-3-4-21-15-28(21)6-9-31-10-7-28)13-26(30)24(25)14-27(36)33-17-20(18-33)16-32-8-2-1-5-22(35)19-34/h12-13,20-22,31-32,34-35H,1-11,14-19H2/t21?,22-/m0/s1. The van der Waals surface area contributed by atoms with Crippen LogP contribution in [0, 0.1) is 28.9 Å². The Morgan fingerprint density at radius 2 is 1.92 bits per heavy atom. The van der Waals surface area contributed by atoms with E-state index in [9.17, 15) is 18.7 Å². The quantitative estimate of drug-likeness (QED) is 0.264. The van der Waals surface area contributed by atoms with Crippen molar-refractivity contribution < 1.29 is 28.5 Å². The summed E-state index contributed by atoms with van der Waals surface area (Å²) >= 11 is 0. The lowest BCUT2D eigenvalue weighted by atomic mass is 9.91. The van der Waals surface area contributed by atoms with Gasteiger partial charge >= 0.3 is 0 Å². The number of likely N-dealkylation sites (tertiary alicyclic amines) is 1. The molecule has 0 bridgehead atoms. The Bertz CT molecular complexity index is 867. The molecule has 1 aromatic rings. The molecule has 1 spiro atoms. The number of aliphatic hydroxyl groups excluding tert-OH is 2. The zero-order valence-corrected chi connectivity index (χ0v) is 21.8. The number of carbonyl (C=O) groups is 1. The molecular weight excluding hydrogens is 480 g/mol. The van der Waals surface area contributed by atoms with Crippen molar-refractivity contribution in [1.82, 2.24) is 15.5 Å². The van der Waals surface area contributed by atoms with Gasteiger partial charge in [0.2, 0.25) is 5.91 Å². The van der Waals surface area contributed by atoms with Gasteiger partial charge in [-0.25, -0.2) is 8.78 Å². The Kier molecular flexibility index (Phi) is 10.1. The number of ether oxygens (including phenoxy) is 1. The molecule has 37 heavy (non-hydrogen) atoms. The number of halogens is 2. The third-order valence-corrected chi connectivity index (χ3v) is 8.46. The second-order valence-corrected chi connectivity index (χ2v) is 11.2. The highest BCUT2D eigenvalue weighted by Crippen LogP contribution is 2.60. The summed E-state index contributed by atoms with van der Waals surface area (Å²) < 4.78 is 34.9.